The first-order valence-electron chi connectivity index (χ1n) is 7.45. The van der Waals surface area contributed by atoms with Crippen molar-refractivity contribution in [3.63, 3.8) is 0 Å². The Hall–Kier alpha value is -0.820. The molecule has 0 heterocycles. The number of benzene rings is 1. The Labute approximate surface area is 111 Å². The fourth-order valence-corrected chi connectivity index (χ4v) is 3.94. The molecule has 0 saturated heterocycles. The molecule has 2 N–H and O–H groups in total. The molecule has 98 valence electrons. The second-order valence-electron chi connectivity index (χ2n) is 6.67. The summed E-state index contributed by atoms with van der Waals surface area (Å²) >= 11 is 0. The highest BCUT2D eigenvalue weighted by Gasteiger charge is 2.41. The van der Waals surface area contributed by atoms with E-state index in [1.54, 1.807) is 0 Å². The molecule has 2 unspecified atom stereocenters. The molecule has 3 rings (SSSR count). The maximum absolute atomic E-state index is 6.79. The molecule has 2 saturated carbocycles. The predicted octanol–water partition coefficient (Wildman–Crippen LogP) is 4.06. The average Bonchev–Trinajstić information content (AvgIpc) is 3.12. The van der Waals surface area contributed by atoms with Gasteiger partial charge in [-0.2, -0.15) is 0 Å². The van der Waals surface area contributed by atoms with Crippen LogP contribution in [-0.2, 0) is 5.54 Å². The summed E-state index contributed by atoms with van der Waals surface area (Å²) in [5.41, 5.74) is 10.9. The van der Waals surface area contributed by atoms with E-state index in [1.165, 1.54) is 55.2 Å². The summed E-state index contributed by atoms with van der Waals surface area (Å²) in [7, 11) is 0. The zero-order valence-corrected chi connectivity index (χ0v) is 11.7. The van der Waals surface area contributed by atoms with E-state index in [1.807, 2.05) is 0 Å². The lowest BCUT2D eigenvalue weighted by Gasteiger charge is -2.39. The molecule has 0 radical (unpaired) electrons. The van der Waals surface area contributed by atoms with E-state index in [-0.39, 0.29) is 5.54 Å². The molecular formula is C17H25N. The van der Waals surface area contributed by atoms with Gasteiger partial charge in [-0.15, -0.1) is 0 Å². The first-order chi connectivity index (χ1) is 8.58. The summed E-state index contributed by atoms with van der Waals surface area (Å²) < 4.78 is 0. The van der Waals surface area contributed by atoms with Crippen LogP contribution in [-0.4, -0.2) is 0 Å². The minimum atomic E-state index is -0.0523. The van der Waals surface area contributed by atoms with Crippen LogP contribution >= 0.6 is 0 Å². The summed E-state index contributed by atoms with van der Waals surface area (Å²) in [5, 5.41) is 0. The van der Waals surface area contributed by atoms with Crippen molar-refractivity contribution in [1.82, 2.24) is 0 Å². The van der Waals surface area contributed by atoms with Crippen LogP contribution in [0.4, 0.5) is 0 Å². The Morgan fingerprint density at radius 2 is 1.89 bits per heavy atom. The quantitative estimate of drug-likeness (QED) is 0.833. The minimum Gasteiger partial charge on any atom is -0.321 e. The van der Waals surface area contributed by atoms with Crippen LogP contribution in [0.15, 0.2) is 18.2 Å². The highest BCUT2D eigenvalue weighted by atomic mass is 14.8. The largest absolute Gasteiger partial charge is 0.321 e. The second-order valence-corrected chi connectivity index (χ2v) is 6.67. The van der Waals surface area contributed by atoms with E-state index in [0.717, 1.165) is 11.8 Å². The first kappa shape index (κ1) is 12.2. The third kappa shape index (κ3) is 2.21. The molecule has 18 heavy (non-hydrogen) atoms. The Balaban J connectivity index is 1.87. The van der Waals surface area contributed by atoms with Crippen LogP contribution in [0.1, 0.15) is 55.2 Å². The number of nitrogens with two attached hydrogens (primary N) is 1. The summed E-state index contributed by atoms with van der Waals surface area (Å²) in [6.45, 7) is 4.38. The van der Waals surface area contributed by atoms with Gasteiger partial charge in [-0.05, 0) is 62.5 Å². The smallest absolute Gasteiger partial charge is 0.0415 e. The zero-order chi connectivity index (χ0) is 12.8. The molecule has 2 atom stereocenters. The highest BCUT2D eigenvalue weighted by molar-refractivity contribution is 5.36. The lowest BCUT2D eigenvalue weighted by molar-refractivity contribution is 0.206. The summed E-state index contributed by atoms with van der Waals surface area (Å²) in [6, 6.07) is 6.78. The first-order valence-corrected chi connectivity index (χ1v) is 7.45. The third-order valence-electron chi connectivity index (χ3n) is 5.03. The molecule has 1 nitrogen and oxygen atoms in total. The van der Waals surface area contributed by atoms with E-state index >= 15 is 0 Å². The van der Waals surface area contributed by atoms with Gasteiger partial charge >= 0.3 is 0 Å². The van der Waals surface area contributed by atoms with Gasteiger partial charge in [-0.3, -0.25) is 0 Å². The van der Waals surface area contributed by atoms with Crippen molar-refractivity contribution in [2.75, 3.05) is 0 Å². The van der Waals surface area contributed by atoms with Crippen LogP contribution in [0.25, 0.3) is 0 Å². The van der Waals surface area contributed by atoms with Gasteiger partial charge in [-0.25, -0.2) is 0 Å². The normalized spacial score (nSPS) is 32.5. The number of aryl methyl sites for hydroxylation is 2. The van der Waals surface area contributed by atoms with Crippen LogP contribution in [0.3, 0.4) is 0 Å². The Morgan fingerprint density at radius 1 is 1.11 bits per heavy atom. The summed E-state index contributed by atoms with van der Waals surface area (Å²) in [6.07, 6.45) is 8.00. The van der Waals surface area contributed by atoms with Crippen LogP contribution < -0.4 is 5.73 Å². The Morgan fingerprint density at radius 3 is 2.56 bits per heavy atom. The maximum atomic E-state index is 6.79. The monoisotopic (exact) mass is 243 g/mol. The van der Waals surface area contributed by atoms with Gasteiger partial charge in [0, 0.05) is 5.54 Å². The molecular weight excluding hydrogens is 218 g/mol. The Bertz CT molecular complexity index is 447. The highest BCUT2D eigenvalue weighted by Crippen LogP contribution is 2.48. The number of rotatable bonds is 2. The zero-order valence-electron chi connectivity index (χ0n) is 11.7. The fourth-order valence-electron chi connectivity index (χ4n) is 3.94. The van der Waals surface area contributed by atoms with Crippen molar-refractivity contribution in [2.45, 2.75) is 57.9 Å². The standard InChI is InChI=1S/C17H25N/c1-12-5-8-16(13(2)10-12)17(18)9-3-4-15(11-17)14-6-7-14/h5,8,10,14-15H,3-4,6-7,9,11,18H2,1-2H3. The minimum absolute atomic E-state index is 0.0523. The van der Waals surface area contributed by atoms with Gasteiger partial charge in [0.2, 0.25) is 0 Å². The lowest BCUT2D eigenvalue weighted by Crippen LogP contribution is -2.42. The summed E-state index contributed by atoms with van der Waals surface area (Å²) in [5.74, 6) is 1.89. The van der Waals surface area contributed by atoms with Crippen molar-refractivity contribution < 1.29 is 0 Å². The number of hydrogen-bond donors (Lipinski definition) is 1. The molecule has 2 aliphatic rings. The van der Waals surface area contributed by atoms with E-state index in [2.05, 4.69) is 32.0 Å². The Kier molecular flexibility index (Phi) is 2.97. The van der Waals surface area contributed by atoms with Gasteiger partial charge in [0.05, 0.1) is 0 Å². The van der Waals surface area contributed by atoms with Crippen molar-refractivity contribution >= 4 is 0 Å². The third-order valence-corrected chi connectivity index (χ3v) is 5.03. The molecule has 1 aromatic rings. The SMILES string of the molecule is Cc1ccc(C2(N)CCCC(C3CC3)C2)c(C)c1. The van der Waals surface area contributed by atoms with Gasteiger partial charge in [-0.1, -0.05) is 36.6 Å². The lowest BCUT2D eigenvalue weighted by atomic mass is 9.70. The van der Waals surface area contributed by atoms with E-state index in [4.69, 9.17) is 5.73 Å². The van der Waals surface area contributed by atoms with E-state index < -0.39 is 0 Å². The number of hydrogen-bond acceptors (Lipinski definition) is 1. The molecule has 0 aromatic heterocycles. The molecule has 0 bridgehead atoms. The molecule has 2 fully saturated rings. The van der Waals surface area contributed by atoms with Crippen molar-refractivity contribution in [3.05, 3.63) is 34.9 Å². The topological polar surface area (TPSA) is 26.0 Å². The van der Waals surface area contributed by atoms with E-state index in [9.17, 15) is 0 Å². The van der Waals surface area contributed by atoms with Crippen molar-refractivity contribution in [3.8, 4) is 0 Å². The van der Waals surface area contributed by atoms with Crippen molar-refractivity contribution in [2.24, 2.45) is 17.6 Å². The molecule has 0 aliphatic heterocycles. The van der Waals surface area contributed by atoms with Gasteiger partial charge < -0.3 is 5.73 Å². The van der Waals surface area contributed by atoms with Crippen molar-refractivity contribution in [1.29, 1.82) is 0 Å². The molecule has 1 heteroatoms. The second kappa shape index (κ2) is 4.38. The van der Waals surface area contributed by atoms with Gasteiger partial charge in [0.15, 0.2) is 0 Å². The molecule has 0 amide bonds. The molecule has 0 spiro atoms. The van der Waals surface area contributed by atoms with Gasteiger partial charge in [0.25, 0.3) is 0 Å². The van der Waals surface area contributed by atoms with Crippen LogP contribution in [0, 0.1) is 25.7 Å². The maximum Gasteiger partial charge on any atom is 0.0415 e. The van der Waals surface area contributed by atoms with Crippen LogP contribution in [0.5, 0.6) is 0 Å². The van der Waals surface area contributed by atoms with Crippen LogP contribution in [0.2, 0.25) is 0 Å². The summed E-state index contributed by atoms with van der Waals surface area (Å²) in [4.78, 5) is 0. The predicted molar refractivity (Wildman–Crippen MR) is 76.5 cm³/mol. The molecule has 2 aliphatic carbocycles. The fraction of sp³-hybridized carbons (Fsp3) is 0.647. The molecule has 1 aromatic carbocycles. The van der Waals surface area contributed by atoms with E-state index in [0.29, 0.717) is 0 Å². The average molecular weight is 243 g/mol. The van der Waals surface area contributed by atoms with Gasteiger partial charge in [0.1, 0.15) is 0 Å².